The first-order valence-corrected chi connectivity index (χ1v) is 7.44. The number of nitrogens with one attached hydrogen (secondary N) is 1. The van der Waals surface area contributed by atoms with Gasteiger partial charge in [-0.1, -0.05) is 48.9 Å². The van der Waals surface area contributed by atoms with E-state index in [0.29, 0.717) is 0 Å². The van der Waals surface area contributed by atoms with Crippen molar-refractivity contribution in [3.63, 3.8) is 0 Å². The number of nitrogens with two attached hydrogens (primary N) is 1. The quantitative estimate of drug-likeness (QED) is 0.782. The zero-order valence-corrected chi connectivity index (χ0v) is 12.1. The highest BCUT2D eigenvalue weighted by Crippen LogP contribution is 2.21. The Morgan fingerprint density at radius 1 is 1.35 bits per heavy atom. The Labute approximate surface area is 121 Å². The fourth-order valence-corrected chi connectivity index (χ4v) is 2.60. The molecule has 0 radical (unpaired) electrons. The fourth-order valence-electron chi connectivity index (χ4n) is 2.60. The number of carbonyl (C=O) groups is 1. The third-order valence-electron chi connectivity index (χ3n) is 4.02. The molecular formula is C17H24N2O. The van der Waals surface area contributed by atoms with Gasteiger partial charge in [-0.25, -0.2) is 0 Å². The number of carbonyl (C=O) groups excluding carboxylic acids is 1. The van der Waals surface area contributed by atoms with Crippen molar-refractivity contribution in [2.45, 2.75) is 38.6 Å². The largest absolute Gasteiger partial charge is 0.355 e. The van der Waals surface area contributed by atoms with Crippen molar-refractivity contribution in [3.8, 4) is 0 Å². The molecule has 108 valence electrons. The predicted molar refractivity (Wildman–Crippen MR) is 82.1 cm³/mol. The molecule has 0 spiro atoms. The molecule has 3 heteroatoms. The molecule has 2 unspecified atom stereocenters. The third kappa shape index (κ3) is 3.94. The lowest BCUT2D eigenvalue weighted by Gasteiger charge is -2.20. The number of benzene rings is 1. The molecule has 20 heavy (non-hydrogen) atoms. The number of allylic oxidation sites excluding steroid dienone is 1. The van der Waals surface area contributed by atoms with E-state index in [-0.39, 0.29) is 17.9 Å². The van der Waals surface area contributed by atoms with E-state index in [4.69, 9.17) is 5.73 Å². The Hall–Kier alpha value is -1.61. The standard InChI is InChI=1S/C17H24N2O/c1-13(16(18)15-9-3-2-4-10-15)17(20)19-12-11-14-7-5-6-8-14/h2-4,7,9-10,13,16H,5-6,8,11-12,18H2,1H3,(H,19,20). The summed E-state index contributed by atoms with van der Waals surface area (Å²) < 4.78 is 0. The molecule has 0 aromatic heterocycles. The summed E-state index contributed by atoms with van der Waals surface area (Å²) in [4.78, 5) is 12.1. The Morgan fingerprint density at radius 3 is 2.75 bits per heavy atom. The van der Waals surface area contributed by atoms with Crippen LogP contribution in [0.1, 0.15) is 44.2 Å². The number of hydrogen-bond acceptors (Lipinski definition) is 2. The average molecular weight is 272 g/mol. The van der Waals surface area contributed by atoms with Crippen molar-refractivity contribution < 1.29 is 4.79 Å². The van der Waals surface area contributed by atoms with Crippen LogP contribution in [0.5, 0.6) is 0 Å². The van der Waals surface area contributed by atoms with Gasteiger partial charge in [0.15, 0.2) is 0 Å². The SMILES string of the molecule is CC(C(=O)NCCC1=CCCC1)C(N)c1ccccc1. The number of rotatable bonds is 6. The summed E-state index contributed by atoms with van der Waals surface area (Å²) in [6, 6.07) is 9.55. The van der Waals surface area contributed by atoms with E-state index < -0.39 is 0 Å². The summed E-state index contributed by atoms with van der Waals surface area (Å²) in [5.74, 6) is -0.171. The van der Waals surface area contributed by atoms with E-state index in [1.165, 1.54) is 24.8 Å². The minimum absolute atomic E-state index is 0.0416. The van der Waals surface area contributed by atoms with Gasteiger partial charge in [0.1, 0.15) is 0 Å². The van der Waals surface area contributed by atoms with E-state index in [1.54, 1.807) is 0 Å². The summed E-state index contributed by atoms with van der Waals surface area (Å²) >= 11 is 0. The number of amides is 1. The Balaban J connectivity index is 1.79. The first-order chi connectivity index (χ1) is 9.68. The maximum atomic E-state index is 12.1. The van der Waals surface area contributed by atoms with Crippen LogP contribution in [0.15, 0.2) is 42.0 Å². The van der Waals surface area contributed by atoms with Crippen LogP contribution < -0.4 is 11.1 Å². The summed E-state index contributed by atoms with van der Waals surface area (Å²) in [6.07, 6.45) is 6.91. The van der Waals surface area contributed by atoms with Crippen molar-refractivity contribution >= 4 is 5.91 Å². The van der Waals surface area contributed by atoms with Gasteiger partial charge in [-0.15, -0.1) is 0 Å². The normalized spacial score (nSPS) is 17.4. The van der Waals surface area contributed by atoms with Gasteiger partial charge in [-0.05, 0) is 31.2 Å². The molecular weight excluding hydrogens is 248 g/mol. The molecule has 0 fully saturated rings. The van der Waals surface area contributed by atoms with Crippen LogP contribution in [-0.2, 0) is 4.79 Å². The van der Waals surface area contributed by atoms with Crippen molar-refractivity contribution in [2.75, 3.05) is 6.54 Å². The van der Waals surface area contributed by atoms with E-state index >= 15 is 0 Å². The highest BCUT2D eigenvalue weighted by atomic mass is 16.1. The maximum absolute atomic E-state index is 12.1. The van der Waals surface area contributed by atoms with Crippen LogP contribution in [-0.4, -0.2) is 12.5 Å². The molecule has 1 aromatic rings. The van der Waals surface area contributed by atoms with Crippen LogP contribution in [0.4, 0.5) is 0 Å². The molecule has 1 aromatic carbocycles. The topological polar surface area (TPSA) is 55.1 Å². The fraction of sp³-hybridized carbons (Fsp3) is 0.471. The van der Waals surface area contributed by atoms with Crippen molar-refractivity contribution in [1.82, 2.24) is 5.32 Å². The van der Waals surface area contributed by atoms with Crippen LogP contribution in [0.3, 0.4) is 0 Å². The summed E-state index contributed by atoms with van der Waals surface area (Å²) in [5.41, 5.74) is 8.65. The maximum Gasteiger partial charge on any atom is 0.224 e. The van der Waals surface area contributed by atoms with Gasteiger partial charge < -0.3 is 11.1 Å². The molecule has 0 bridgehead atoms. The zero-order valence-electron chi connectivity index (χ0n) is 12.1. The molecule has 0 saturated heterocycles. The summed E-state index contributed by atoms with van der Waals surface area (Å²) in [6.45, 7) is 2.61. The Kier molecular flexibility index (Phi) is 5.36. The zero-order chi connectivity index (χ0) is 14.4. The first-order valence-electron chi connectivity index (χ1n) is 7.44. The van der Waals surface area contributed by atoms with E-state index in [2.05, 4.69) is 11.4 Å². The predicted octanol–water partition coefficient (Wildman–Crippen LogP) is 2.94. The average Bonchev–Trinajstić information content (AvgIpc) is 2.99. The summed E-state index contributed by atoms with van der Waals surface area (Å²) in [5, 5.41) is 3.00. The van der Waals surface area contributed by atoms with Crippen LogP contribution >= 0.6 is 0 Å². The third-order valence-corrected chi connectivity index (χ3v) is 4.02. The lowest BCUT2D eigenvalue weighted by Crippen LogP contribution is -2.36. The lowest BCUT2D eigenvalue weighted by molar-refractivity contribution is -0.125. The Bertz CT molecular complexity index is 467. The molecule has 1 aliphatic carbocycles. The lowest BCUT2D eigenvalue weighted by atomic mass is 9.94. The van der Waals surface area contributed by atoms with Crippen LogP contribution in [0.2, 0.25) is 0 Å². The molecule has 2 atom stereocenters. The van der Waals surface area contributed by atoms with Gasteiger partial charge in [0.05, 0.1) is 5.92 Å². The summed E-state index contributed by atoms with van der Waals surface area (Å²) in [7, 11) is 0. The first kappa shape index (κ1) is 14.8. The molecule has 0 heterocycles. The second-order valence-electron chi connectivity index (χ2n) is 5.52. The van der Waals surface area contributed by atoms with Gasteiger partial charge in [0.2, 0.25) is 5.91 Å². The molecule has 3 N–H and O–H groups in total. The molecule has 1 aliphatic rings. The van der Waals surface area contributed by atoms with Gasteiger partial charge in [-0.2, -0.15) is 0 Å². The van der Waals surface area contributed by atoms with E-state index in [9.17, 15) is 4.79 Å². The number of hydrogen-bond donors (Lipinski definition) is 2. The molecule has 0 aliphatic heterocycles. The van der Waals surface area contributed by atoms with Crippen molar-refractivity contribution in [3.05, 3.63) is 47.5 Å². The minimum Gasteiger partial charge on any atom is -0.355 e. The Morgan fingerprint density at radius 2 is 2.10 bits per heavy atom. The van der Waals surface area contributed by atoms with Crippen LogP contribution in [0.25, 0.3) is 0 Å². The van der Waals surface area contributed by atoms with Gasteiger partial charge >= 0.3 is 0 Å². The van der Waals surface area contributed by atoms with E-state index in [0.717, 1.165) is 18.5 Å². The van der Waals surface area contributed by atoms with Crippen molar-refractivity contribution in [2.24, 2.45) is 11.7 Å². The van der Waals surface area contributed by atoms with Crippen molar-refractivity contribution in [1.29, 1.82) is 0 Å². The van der Waals surface area contributed by atoms with Gasteiger partial charge in [-0.3, -0.25) is 4.79 Å². The highest BCUT2D eigenvalue weighted by Gasteiger charge is 2.21. The molecule has 3 nitrogen and oxygen atoms in total. The highest BCUT2D eigenvalue weighted by molar-refractivity contribution is 5.79. The monoisotopic (exact) mass is 272 g/mol. The van der Waals surface area contributed by atoms with E-state index in [1.807, 2.05) is 37.3 Å². The van der Waals surface area contributed by atoms with Gasteiger partial charge in [0, 0.05) is 12.6 Å². The smallest absolute Gasteiger partial charge is 0.224 e. The minimum atomic E-state index is -0.248. The molecule has 1 amide bonds. The second-order valence-corrected chi connectivity index (χ2v) is 5.52. The van der Waals surface area contributed by atoms with Crippen LogP contribution in [0, 0.1) is 5.92 Å². The molecule has 0 saturated carbocycles. The molecule has 2 rings (SSSR count). The van der Waals surface area contributed by atoms with Gasteiger partial charge in [0.25, 0.3) is 0 Å². The second kappa shape index (κ2) is 7.25.